The predicted octanol–water partition coefficient (Wildman–Crippen LogP) is 4.30. The Hall–Kier alpha value is -2.25. The smallest absolute Gasteiger partial charge is 0.263 e. The number of sulfonamides is 1. The van der Waals surface area contributed by atoms with Crippen LogP contribution in [0.5, 0.6) is 5.75 Å². The molecule has 6 nitrogen and oxygen atoms in total. The van der Waals surface area contributed by atoms with Crippen molar-refractivity contribution in [2.24, 2.45) is 5.41 Å². The number of benzene rings is 2. The predicted molar refractivity (Wildman–Crippen MR) is 111 cm³/mol. The molecule has 1 aliphatic rings. The molecular weight excluding hydrogens is 400 g/mol. The first-order chi connectivity index (χ1) is 13.2. The summed E-state index contributed by atoms with van der Waals surface area (Å²) >= 11 is 6.03. The minimum absolute atomic E-state index is 0.00881. The third kappa shape index (κ3) is 3.95. The van der Waals surface area contributed by atoms with Crippen molar-refractivity contribution in [3.63, 3.8) is 0 Å². The molecule has 0 saturated carbocycles. The average molecular weight is 423 g/mol. The largest absolute Gasteiger partial charge is 0.490 e. The van der Waals surface area contributed by atoms with E-state index in [1.54, 1.807) is 35.2 Å². The molecule has 0 spiro atoms. The molecule has 150 valence electrons. The molecule has 0 atom stereocenters. The van der Waals surface area contributed by atoms with E-state index in [0.29, 0.717) is 23.7 Å². The van der Waals surface area contributed by atoms with Crippen molar-refractivity contribution in [1.29, 1.82) is 0 Å². The lowest BCUT2D eigenvalue weighted by atomic mass is 9.93. The highest BCUT2D eigenvalue weighted by molar-refractivity contribution is 7.92. The highest BCUT2D eigenvalue weighted by atomic mass is 35.5. The molecule has 0 saturated heterocycles. The highest BCUT2D eigenvalue weighted by Gasteiger charge is 2.37. The first kappa shape index (κ1) is 20.5. The van der Waals surface area contributed by atoms with E-state index < -0.39 is 15.4 Å². The fourth-order valence-corrected chi connectivity index (χ4v) is 4.60. The van der Waals surface area contributed by atoms with E-state index in [4.69, 9.17) is 16.3 Å². The number of hydrogen-bond acceptors (Lipinski definition) is 4. The van der Waals surface area contributed by atoms with Gasteiger partial charge in [0.15, 0.2) is 0 Å². The van der Waals surface area contributed by atoms with E-state index in [0.717, 1.165) is 6.42 Å². The highest BCUT2D eigenvalue weighted by Crippen LogP contribution is 2.38. The summed E-state index contributed by atoms with van der Waals surface area (Å²) in [6.07, 6.45) is 0.761. The number of rotatable bonds is 5. The number of amides is 1. The van der Waals surface area contributed by atoms with Gasteiger partial charge >= 0.3 is 0 Å². The van der Waals surface area contributed by atoms with E-state index in [1.807, 2.05) is 20.8 Å². The quantitative estimate of drug-likeness (QED) is 0.779. The van der Waals surface area contributed by atoms with Crippen molar-refractivity contribution in [2.45, 2.75) is 32.1 Å². The Labute approximate surface area is 170 Å². The first-order valence-corrected chi connectivity index (χ1v) is 10.9. The molecule has 8 heteroatoms. The Bertz CT molecular complexity index is 1010. The first-order valence-electron chi connectivity index (χ1n) is 9.02. The maximum atomic E-state index is 13.0. The lowest BCUT2D eigenvalue weighted by Gasteiger charge is -2.28. The Kier molecular flexibility index (Phi) is 5.59. The summed E-state index contributed by atoms with van der Waals surface area (Å²) in [5.74, 6) is 0.493. The topological polar surface area (TPSA) is 75.7 Å². The molecule has 1 N–H and O–H groups in total. The van der Waals surface area contributed by atoms with E-state index >= 15 is 0 Å². The maximum absolute atomic E-state index is 13.0. The van der Waals surface area contributed by atoms with Gasteiger partial charge in [-0.3, -0.25) is 9.52 Å². The van der Waals surface area contributed by atoms with Gasteiger partial charge in [-0.15, -0.1) is 0 Å². The zero-order valence-corrected chi connectivity index (χ0v) is 17.6. The fourth-order valence-electron chi connectivity index (χ4n) is 3.03. The lowest BCUT2D eigenvalue weighted by Crippen LogP contribution is -2.42. The Morgan fingerprint density at radius 1 is 1.21 bits per heavy atom. The molecule has 0 radical (unpaired) electrons. The van der Waals surface area contributed by atoms with Crippen LogP contribution < -0.4 is 14.4 Å². The number of hydrogen-bond donors (Lipinski definition) is 1. The van der Waals surface area contributed by atoms with E-state index in [1.165, 1.54) is 12.1 Å². The van der Waals surface area contributed by atoms with Crippen LogP contribution in [0.4, 0.5) is 11.4 Å². The van der Waals surface area contributed by atoms with Gasteiger partial charge in [0.05, 0.1) is 21.8 Å². The van der Waals surface area contributed by atoms with Crippen LogP contribution in [0.25, 0.3) is 0 Å². The van der Waals surface area contributed by atoms with Crippen molar-refractivity contribution in [3.05, 3.63) is 47.5 Å². The number of ether oxygens (including phenoxy) is 1. The van der Waals surface area contributed by atoms with Gasteiger partial charge in [0.1, 0.15) is 17.3 Å². The molecule has 0 bridgehead atoms. The van der Waals surface area contributed by atoms with Gasteiger partial charge in [-0.2, -0.15) is 0 Å². The molecule has 0 fully saturated rings. The number of nitrogens with one attached hydrogen (secondary N) is 1. The van der Waals surface area contributed by atoms with Crippen molar-refractivity contribution >= 4 is 38.9 Å². The Morgan fingerprint density at radius 3 is 2.61 bits per heavy atom. The zero-order chi connectivity index (χ0) is 20.5. The molecule has 0 unspecified atom stereocenters. The van der Waals surface area contributed by atoms with Crippen molar-refractivity contribution in [1.82, 2.24) is 0 Å². The molecule has 0 aromatic heterocycles. The van der Waals surface area contributed by atoms with Gasteiger partial charge in [0.25, 0.3) is 10.0 Å². The number of carbonyl (C=O) groups is 1. The number of fused-ring (bicyclic) bond motifs is 1. The SMILES string of the molecule is CCCN1C(=O)C(C)(C)COc2ccc(NS(=O)(=O)c3ccccc3Cl)cc21. The summed E-state index contributed by atoms with van der Waals surface area (Å²) in [7, 11) is -3.87. The van der Waals surface area contributed by atoms with Gasteiger partial charge in [-0.05, 0) is 50.6 Å². The lowest BCUT2D eigenvalue weighted by molar-refractivity contribution is -0.127. The van der Waals surface area contributed by atoms with Crippen LogP contribution in [0.1, 0.15) is 27.2 Å². The summed E-state index contributed by atoms with van der Waals surface area (Å²) < 4.78 is 33.8. The van der Waals surface area contributed by atoms with E-state index in [2.05, 4.69) is 4.72 Å². The molecule has 3 rings (SSSR count). The number of anilines is 2. The summed E-state index contributed by atoms with van der Waals surface area (Å²) in [6, 6.07) is 11.1. The zero-order valence-electron chi connectivity index (χ0n) is 16.0. The minimum atomic E-state index is -3.87. The van der Waals surface area contributed by atoms with Crippen LogP contribution in [-0.2, 0) is 14.8 Å². The van der Waals surface area contributed by atoms with Crippen LogP contribution in [0.15, 0.2) is 47.4 Å². The van der Waals surface area contributed by atoms with Crippen LogP contribution in [0, 0.1) is 5.41 Å². The second-order valence-corrected chi connectivity index (χ2v) is 9.41. The van der Waals surface area contributed by atoms with Crippen LogP contribution >= 0.6 is 11.6 Å². The molecule has 2 aromatic rings. The molecular formula is C20H23ClN2O4S. The second-order valence-electron chi connectivity index (χ2n) is 7.35. The third-order valence-electron chi connectivity index (χ3n) is 4.49. The van der Waals surface area contributed by atoms with Gasteiger partial charge in [0.2, 0.25) is 5.91 Å². The third-order valence-corrected chi connectivity index (χ3v) is 6.37. The van der Waals surface area contributed by atoms with Gasteiger partial charge in [-0.1, -0.05) is 30.7 Å². The van der Waals surface area contributed by atoms with Crippen molar-refractivity contribution < 1.29 is 17.9 Å². The summed E-state index contributed by atoms with van der Waals surface area (Å²) in [4.78, 5) is 14.6. The maximum Gasteiger partial charge on any atom is 0.263 e. The number of halogens is 1. The second kappa shape index (κ2) is 7.64. The molecule has 1 heterocycles. The van der Waals surface area contributed by atoms with Crippen LogP contribution in [0.2, 0.25) is 5.02 Å². The average Bonchev–Trinajstić information content (AvgIpc) is 2.72. The van der Waals surface area contributed by atoms with Crippen molar-refractivity contribution in [2.75, 3.05) is 22.8 Å². The normalized spacial score (nSPS) is 16.1. The summed E-state index contributed by atoms with van der Waals surface area (Å²) in [5, 5.41) is 0.137. The minimum Gasteiger partial charge on any atom is -0.490 e. The standard InChI is InChI=1S/C20H23ClN2O4S/c1-4-11-23-16-12-14(9-10-17(16)27-13-20(2,3)19(23)24)22-28(25,26)18-8-6-5-7-15(18)21/h5-10,12,22H,4,11,13H2,1-3H3. The van der Waals surface area contributed by atoms with Crippen molar-refractivity contribution in [3.8, 4) is 5.75 Å². The number of nitrogens with zero attached hydrogens (tertiary/aromatic N) is 1. The molecule has 1 amide bonds. The number of carbonyl (C=O) groups excluding carboxylic acids is 1. The van der Waals surface area contributed by atoms with Crippen LogP contribution in [0.3, 0.4) is 0 Å². The summed E-state index contributed by atoms with van der Waals surface area (Å²) in [5.41, 5.74) is 0.207. The van der Waals surface area contributed by atoms with Gasteiger partial charge in [0, 0.05) is 6.54 Å². The van der Waals surface area contributed by atoms with Gasteiger partial charge < -0.3 is 9.64 Å². The summed E-state index contributed by atoms with van der Waals surface area (Å²) in [6.45, 7) is 6.43. The van der Waals surface area contributed by atoms with E-state index in [-0.39, 0.29) is 22.4 Å². The fraction of sp³-hybridized carbons (Fsp3) is 0.350. The Balaban J connectivity index is 2.00. The van der Waals surface area contributed by atoms with E-state index in [9.17, 15) is 13.2 Å². The Morgan fingerprint density at radius 2 is 1.93 bits per heavy atom. The molecule has 0 aliphatic carbocycles. The molecule has 1 aliphatic heterocycles. The van der Waals surface area contributed by atoms with Crippen LogP contribution in [-0.4, -0.2) is 27.5 Å². The monoisotopic (exact) mass is 422 g/mol. The molecule has 2 aromatic carbocycles. The van der Waals surface area contributed by atoms with Gasteiger partial charge in [-0.25, -0.2) is 8.42 Å². The molecule has 28 heavy (non-hydrogen) atoms.